The number of rotatable bonds is 7. The highest BCUT2D eigenvalue weighted by Gasteiger charge is 2.39. The molecule has 0 aliphatic carbocycles. The van der Waals surface area contributed by atoms with E-state index in [-0.39, 0.29) is 11.6 Å². The lowest BCUT2D eigenvalue weighted by molar-refractivity contribution is 0.0839. The molecule has 1 aliphatic heterocycles. The molecule has 2 atom stereocenters. The molecule has 1 aromatic carbocycles. The molecule has 1 fully saturated rings. The molecule has 1 heterocycles. The molecule has 1 saturated heterocycles. The molecule has 0 amide bonds. The lowest BCUT2D eigenvalue weighted by atomic mass is 9.83. The van der Waals surface area contributed by atoms with Crippen LogP contribution in [0.5, 0.6) is 5.75 Å². The van der Waals surface area contributed by atoms with Crippen molar-refractivity contribution < 1.29 is 4.74 Å². The van der Waals surface area contributed by atoms with Crippen molar-refractivity contribution in [2.45, 2.75) is 51.6 Å². The summed E-state index contributed by atoms with van der Waals surface area (Å²) in [6.45, 7) is 9.57. The fraction of sp³-hybridized carbons (Fsp3) is 0.647. The Balaban J connectivity index is 2.29. The van der Waals surface area contributed by atoms with Crippen molar-refractivity contribution in [3.63, 3.8) is 0 Å². The quantitative estimate of drug-likeness (QED) is 0.599. The van der Waals surface area contributed by atoms with Gasteiger partial charge >= 0.3 is 0 Å². The summed E-state index contributed by atoms with van der Waals surface area (Å²) in [5.74, 6) is 6.85. The van der Waals surface area contributed by atoms with E-state index >= 15 is 0 Å². The Kier molecular flexibility index (Phi) is 5.62. The molecule has 21 heavy (non-hydrogen) atoms. The highest BCUT2D eigenvalue weighted by Crippen LogP contribution is 2.36. The van der Waals surface area contributed by atoms with E-state index in [0.29, 0.717) is 6.61 Å². The first kappa shape index (κ1) is 16.3. The van der Waals surface area contributed by atoms with Gasteiger partial charge in [0.15, 0.2) is 0 Å². The van der Waals surface area contributed by atoms with Crippen molar-refractivity contribution in [2.24, 2.45) is 5.84 Å². The van der Waals surface area contributed by atoms with Crippen LogP contribution in [0.15, 0.2) is 24.3 Å². The number of nitrogens with one attached hydrogen (secondary N) is 1. The maximum Gasteiger partial charge on any atom is 0.119 e. The van der Waals surface area contributed by atoms with E-state index in [1.165, 1.54) is 18.4 Å². The molecule has 4 nitrogen and oxygen atoms in total. The monoisotopic (exact) mass is 291 g/mol. The van der Waals surface area contributed by atoms with E-state index in [1.54, 1.807) is 0 Å². The second-order valence-corrected chi connectivity index (χ2v) is 6.01. The number of nitrogens with two attached hydrogens (primary N) is 1. The van der Waals surface area contributed by atoms with Gasteiger partial charge in [0.25, 0.3) is 0 Å². The second-order valence-electron chi connectivity index (χ2n) is 6.01. The lowest BCUT2D eigenvalue weighted by Crippen LogP contribution is -2.54. The summed E-state index contributed by atoms with van der Waals surface area (Å²) in [5.41, 5.74) is 4.28. The minimum atomic E-state index is 0.0239. The molecule has 0 aromatic heterocycles. The largest absolute Gasteiger partial charge is 0.494 e. The van der Waals surface area contributed by atoms with Crippen LogP contribution < -0.4 is 16.0 Å². The van der Waals surface area contributed by atoms with Crippen molar-refractivity contribution in [3.05, 3.63) is 29.8 Å². The van der Waals surface area contributed by atoms with Crippen LogP contribution >= 0.6 is 0 Å². The third-order valence-electron chi connectivity index (χ3n) is 4.84. The smallest absolute Gasteiger partial charge is 0.119 e. The number of likely N-dealkylation sites (tertiary alicyclic amines) is 1. The molecule has 4 heteroatoms. The van der Waals surface area contributed by atoms with Crippen LogP contribution in [0.2, 0.25) is 0 Å². The van der Waals surface area contributed by atoms with Gasteiger partial charge in [-0.2, -0.15) is 0 Å². The molecule has 0 spiro atoms. The molecule has 1 aliphatic rings. The summed E-state index contributed by atoms with van der Waals surface area (Å²) in [7, 11) is 0. The average molecular weight is 291 g/mol. The molecule has 2 rings (SSSR count). The number of nitrogens with zero attached hydrogens (tertiary/aromatic N) is 1. The van der Waals surface area contributed by atoms with Gasteiger partial charge in [-0.25, -0.2) is 0 Å². The number of hydrazine groups is 1. The van der Waals surface area contributed by atoms with Crippen molar-refractivity contribution >= 4 is 0 Å². The van der Waals surface area contributed by atoms with Gasteiger partial charge < -0.3 is 4.74 Å². The molecule has 3 N–H and O–H groups in total. The van der Waals surface area contributed by atoms with Crippen LogP contribution in [0.25, 0.3) is 0 Å². The first-order valence-corrected chi connectivity index (χ1v) is 8.09. The summed E-state index contributed by atoms with van der Waals surface area (Å²) in [6.07, 6.45) is 3.62. The molecule has 2 unspecified atom stereocenters. The lowest BCUT2D eigenvalue weighted by Gasteiger charge is -2.44. The second kappa shape index (κ2) is 7.25. The first-order valence-electron chi connectivity index (χ1n) is 8.09. The van der Waals surface area contributed by atoms with E-state index in [2.05, 4.69) is 36.3 Å². The molecule has 0 saturated carbocycles. The van der Waals surface area contributed by atoms with Crippen molar-refractivity contribution in [1.82, 2.24) is 10.3 Å². The van der Waals surface area contributed by atoms with E-state index in [4.69, 9.17) is 10.6 Å². The van der Waals surface area contributed by atoms with Gasteiger partial charge in [-0.05, 0) is 63.9 Å². The van der Waals surface area contributed by atoms with Gasteiger partial charge in [0, 0.05) is 5.54 Å². The standard InChI is InChI=1S/C17H29N3O/c1-4-17(3,20-11-6-7-12-20)16(19-18)14-9-8-10-15(13-14)21-5-2/h8-10,13,16,19H,4-7,11-12,18H2,1-3H3. The van der Waals surface area contributed by atoms with E-state index < -0.39 is 0 Å². The zero-order valence-corrected chi connectivity index (χ0v) is 13.6. The molecular formula is C17H29N3O. The Morgan fingerprint density at radius 1 is 1.33 bits per heavy atom. The zero-order valence-electron chi connectivity index (χ0n) is 13.6. The first-order chi connectivity index (χ1) is 10.2. The van der Waals surface area contributed by atoms with E-state index in [0.717, 1.165) is 25.3 Å². The number of hydrogen-bond acceptors (Lipinski definition) is 4. The third kappa shape index (κ3) is 3.39. The van der Waals surface area contributed by atoms with Gasteiger partial charge in [-0.3, -0.25) is 16.2 Å². The topological polar surface area (TPSA) is 50.5 Å². The fourth-order valence-electron chi connectivity index (χ4n) is 3.42. The molecule has 0 bridgehead atoms. The third-order valence-corrected chi connectivity index (χ3v) is 4.84. The van der Waals surface area contributed by atoms with E-state index in [1.807, 2.05) is 19.1 Å². The number of ether oxygens (including phenoxy) is 1. The van der Waals surface area contributed by atoms with E-state index in [9.17, 15) is 0 Å². The summed E-state index contributed by atoms with van der Waals surface area (Å²) in [6, 6.07) is 8.39. The van der Waals surface area contributed by atoms with Gasteiger partial charge in [-0.1, -0.05) is 19.1 Å². The van der Waals surface area contributed by atoms with Gasteiger partial charge in [-0.15, -0.1) is 0 Å². The number of hydrogen-bond donors (Lipinski definition) is 2. The maximum absolute atomic E-state index is 5.94. The molecule has 118 valence electrons. The van der Waals surface area contributed by atoms with Crippen LogP contribution in [0, 0.1) is 0 Å². The van der Waals surface area contributed by atoms with Crippen molar-refractivity contribution in [2.75, 3.05) is 19.7 Å². The Morgan fingerprint density at radius 2 is 2.05 bits per heavy atom. The van der Waals surface area contributed by atoms with Crippen LogP contribution in [0.1, 0.15) is 51.6 Å². The number of benzene rings is 1. The molecular weight excluding hydrogens is 262 g/mol. The van der Waals surface area contributed by atoms with Crippen molar-refractivity contribution in [1.29, 1.82) is 0 Å². The fourth-order valence-corrected chi connectivity index (χ4v) is 3.42. The van der Waals surface area contributed by atoms with Gasteiger partial charge in [0.05, 0.1) is 12.6 Å². The van der Waals surface area contributed by atoms with Crippen molar-refractivity contribution in [3.8, 4) is 5.75 Å². The van der Waals surface area contributed by atoms with Gasteiger partial charge in [0.1, 0.15) is 5.75 Å². The summed E-state index contributed by atoms with van der Waals surface area (Å²) < 4.78 is 5.63. The molecule has 0 radical (unpaired) electrons. The predicted octanol–water partition coefficient (Wildman–Crippen LogP) is 2.85. The van der Waals surface area contributed by atoms with Crippen LogP contribution in [-0.4, -0.2) is 30.1 Å². The normalized spacial score (nSPS) is 20.2. The Labute approximate surface area is 128 Å². The van der Waals surface area contributed by atoms with Gasteiger partial charge in [0.2, 0.25) is 0 Å². The Bertz CT molecular complexity index is 445. The summed E-state index contributed by atoms with van der Waals surface area (Å²) >= 11 is 0. The van der Waals surface area contributed by atoms with Crippen LogP contribution in [-0.2, 0) is 0 Å². The summed E-state index contributed by atoms with van der Waals surface area (Å²) in [5, 5.41) is 0. The summed E-state index contributed by atoms with van der Waals surface area (Å²) in [4.78, 5) is 2.57. The average Bonchev–Trinajstić information content (AvgIpc) is 3.03. The maximum atomic E-state index is 5.94. The SMILES string of the molecule is CCOc1cccc(C(NN)C(C)(CC)N2CCCC2)c1. The molecule has 1 aromatic rings. The van der Waals surface area contributed by atoms with Crippen LogP contribution in [0.3, 0.4) is 0 Å². The minimum absolute atomic E-state index is 0.0239. The highest BCUT2D eigenvalue weighted by molar-refractivity contribution is 5.32. The predicted molar refractivity (Wildman–Crippen MR) is 87.2 cm³/mol. The van der Waals surface area contributed by atoms with Crippen LogP contribution in [0.4, 0.5) is 0 Å². The Hall–Kier alpha value is -1.10. The zero-order chi connectivity index (χ0) is 15.3. The highest BCUT2D eigenvalue weighted by atomic mass is 16.5. The Morgan fingerprint density at radius 3 is 2.62 bits per heavy atom. The minimum Gasteiger partial charge on any atom is -0.494 e.